The van der Waals surface area contributed by atoms with Gasteiger partial charge in [0.05, 0.1) is 43.0 Å². The lowest BCUT2D eigenvalue weighted by atomic mass is 10.0. The van der Waals surface area contributed by atoms with Crippen molar-refractivity contribution in [3.8, 4) is 0 Å². The molecular weight excluding hydrogens is 508 g/mol. The molecule has 3 aromatic rings. The minimum absolute atomic E-state index is 0.0802. The number of nitrogens with zero attached hydrogens (tertiary/aromatic N) is 4. The summed E-state index contributed by atoms with van der Waals surface area (Å²) in [5.74, 6) is -1.71. The average Bonchev–Trinajstić information content (AvgIpc) is 2.84. The first kappa shape index (κ1) is 26.8. The maximum Gasteiger partial charge on any atom is 0.279 e. The van der Waals surface area contributed by atoms with Crippen LogP contribution in [0.1, 0.15) is 31.8 Å². The van der Waals surface area contributed by atoms with Crippen LogP contribution in [0.15, 0.2) is 48.5 Å². The molecular formula is C22H16N6O10. The van der Waals surface area contributed by atoms with E-state index in [1.807, 2.05) is 0 Å². The van der Waals surface area contributed by atoms with Gasteiger partial charge in [-0.25, -0.2) is 0 Å². The highest BCUT2D eigenvalue weighted by atomic mass is 16.6. The van der Waals surface area contributed by atoms with Gasteiger partial charge in [0.2, 0.25) is 0 Å². The number of carbonyl (C=O) groups excluding carboxylic acids is 2. The van der Waals surface area contributed by atoms with Gasteiger partial charge >= 0.3 is 0 Å². The van der Waals surface area contributed by atoms with Gasteiger partial charge in [-0.1, -0.05) is 0 Å². The van der Waals surface area contributed by atoms with E-state index in [0.29, 0.717) is 0 Å². The van der Waals surface area contributed by atoms with Crippen molar-refractivity contribution in [2.24, 2.45) is 0 Å². The van der Waals surface area contributed by atoms with E-state index in [2.05, 4.69) is 10.6 Å². The van der Waals surface area contributed by atoms with Gasteiger partial charge in [-0.05, 0) is 38.1 Å². The van der Waals surface area contributed by atoms with Crippen molar-refractivity contribution in [1.29, 1.82) is 0 Å². The molecule has 0 heterocycles. The Morgan fingerprint density at radius 2 is 0.895 bits per heavy atom. The van der Waals surface area contributed by atoms with Crippen molar-refractivity contribution in [3.63, 3.8) is 0 Å². The molecule has 0 atom stereocenters. The number of hydrogen-bond donors (Lipinski definition) is 2. The summed E-state index contributed by atoms with van der Waals surface area (Å²) in [6, 6.07) is 8.70. The fourth-order valence-electron chi connectivity index (χ4n) is 3.46. The minimum atomic E-state index is -0.863. The normalized spacial score (nSPS) is 10.4. The Morgan fingerprint density at radius 3 is 1.16 bits per heavy atom. The van der Waals surface area contributed by atoms with E-state index in [9.17, 15) is 50.0 Å². The SMILES string of the molecule is Cc1c(C(=O)Nc2ccc(NC(=O)c3cc([N+](=O)[O-])cc([N+](=O)[O-])c3C)cc2)cc([N+](=O)[O-])cc1[N+](=O)[O-]. The molecule has 0 bridgehead atoms. The van der Waals surface area contributed by atoms with Gasteiger partial charge in [0.25, 0.3) is 34.6 Å². The third-order valence-electron chi connectivity index (χ3n) is 5.43. The Balaban J connectivity index is 1.83. The second kappa shape index (κ2) is 10.4. The van der Waals surface area contributed by atoms with Crippen LogP contribution in [-0.4, -0.2) is 31.5 Å². The number of benzene rings is 3. The molecule has 0 aliphatic rings. The molecule has 0 radical (unpaired) electrons. The first-order valence-electron chi connectivity index (χ1n) is 10.4. The Morgan fingerprint density at radius 1 is 0.579 bits per heavy atom. The monoisotopic (exact) mass is 524 g/mol. The standard InChI is InChI=1S/C22H16N6O10/c1-11-17(7-15(25(31)32)9-19(11)27(35)36)21(29)23-13-3-5-14(6-4-13)24-22(30)18-8-16(26(33)34)10-20(12(18)2)28(37)38/h3-10H,1-2H3,(H,23,29)(H,24,30). The lowest BCUT2D eigenvalue weighted by Gasteiger charge is -2.11. The van der Waals surface area contributed by atoms with Gasteiger partial charge in [-0.15, -0.1) is 0 Å². The van der Waals surface area contributed by atoms with Gasteiger partial charge in [-0.2, -0.15) is 0 Å². The molecule has 3 aromatic carbocycles. The van der Waals surface area contributed by atoms with Gasteiger partial charge in [-0.3, -0.25) is 50.0 Å². The molecule has 0 aliphatic heterocycles. The van der Waals surface area contributed by atoms with E-state index in [-0.39, 0.29) is 33.6 Å². The summed E-state index contributed by atoms with van der Waals surface area (Å²) in [4.78, 5) is 66.7. The van der Waals surface area contributed by atoms with Crippen LogP contribution in [0.25, 0.3) is 0 Å². The highest BCUT2D eigenvalue weighted by Gasteiger charge is 2.26. The van der Waals surface area contributed by atoms with E-state index in [1.54, 1.807) is 0 Å². The first-order chi connectivity index (χ1) is 17.8. The number of nitro groups is 4. The number of amides is 2. The zero-order valence-corrected chi connectivity index (χ0v) is 19.5. The molecule has 2 N–H and O–H groups in total. The first-order valence-corrected chi connectivity index (χ1v) is 10.4. The molecule has 0 fully saturated rings. The fraction of sp³-hybridized carbons (Fsp3) is 0.0909. The highest BCUT2D eigenvalue weighted by molar-refractivity contribution is 6.08. The van der Waals surface area contributed by atoms with Crippen molar-refractivity contribution >= 4 is 45.9 Å². The lowest BCUT2D eigenvalue weighted by Crippen LogP contribution is -2.16. The molecule has 0 unspecified atom stereocenters. The second-order valence-electron chi connectivity index (χ2n) is 7.79. The molecule has 16 nitrogen and oxygen atoms in total. The molecule has 194 valence electrons. The second-order valence-corrected chi connectivity index (χ2v) is 7.79. The number of hydrogen-bond acceptors (Lipinski definition) is 10. The molecule has 3 rings (SSSR count). The summed E-state index contributed by atoms with van der Waals surface area (Å²) >= 11 is 0. The van der Waals surface area contributed by atoms with Gasteiger partial charge < -0.3 is 10.6 Å². The number of carbonyl (C=O) groups is 2. The molecule has 2 amide bonds. The van der Waals surface area contributed by atoms with Crippen molar-refractivity contribution in [2.75, 3.05) is 10.6 Å². The van der Waals surface area contributed by atoms with E-state index in [4.69, 9.17) is 0 Å². The van der Waals surface area contributed by atoms with E-state index >= 15 is 0 Å². The third kappa shape index (κ3) is 5.54. The Bertz CT molecular complexity index is 1420. The zero-order valence-electron chi connectivity index (χ0n) is 19.5. The Hall–Kier alpha value is -5.80. The summed E-state index contributed by atoms with van der Waals surface area (Å²) in [6.45, 7) is 2.55. The van der Waals surface area contributed by atoms with Gasteiger partial charge in [0, 0.05) is 34.6 Å². The highest BCUT2D eigenvalue weighted by Crippen LogP contribution is 2.30. The van der Waals surface area contributed by atoms with Crippen LogP contribution in [0, 0.1) is 54.3 Å². The molecule has 16 heteroatoms. The number of anilines is 2. The third-order valence-corrected chi connectivity index (χ3v) is 5.43. The molecule has 0 aliphatic carbocycles. The molecule has 0 saturated carbocycles. The van der Waals surface area contributed by atoms with Crippen LogP contribution in [0.4, 0.5) is 34.1 Å². The van der Waals surface area contributed by atoms with Gasteiger partial charge in [0.1, 0.15) is 0 Å². The van der Waals surface area contributed by atoms with Crippen LogP contribution >= 0.6 is 0 Å². The summed E-state index contributed by atoms with van der Waals surface area (Å²) in [7, 11) is 0. The summed E-state index contributed by atoms with van der Waals surface area (Å²) < 4.78 is 0. The molecule has 0 aromatic heterocycles. The van der Waals surface area contributed by atoms with Crippen LogP contribution < -0.4 is 10.6 Å². The number of rotatable bonds is 8. The van der Waals surface area contributed by atoms with Crippen LogP contribution in [0.3, 0.4) is 0 Å². The van der Waals surface area contributed by atoms with Crippen LogP contribution in [0.5, 0.6) is 0 Å². The molecule has 38 heavy (non-hydrogen) atoms. The Kier molecular flexibility index (Phi) is 7.36. The predicted molar refractivity (Wildman–Crippen MR) is 131 cm³/mol. The summed E-state index contributed by atoms with van der Waals surface area (Å²) in [6.07, 6.45) is 0. The Labute approximate surface area is 211 Å². The summed E-state index contributed by atoms with van der Waals surface area (Å²) in [5.41, 5.74) is -2.86. The zero-order chi connectivity index (χ0) is 28.3. The number of non-ortho nitro benzene ring substituents is 2. The quantitative estimate of drug-likeness (QED) is 0.310. The van der Waals surface area contributed by atoms with Crippen molar-refractivity contribution in [2.45, 2.75) is 13.8 Å². The van der Waals surface area contributed by atoms with Crippen LogP contribution in [-0.2, 0) is 0 Å². The average molecular weight is 524 g/mol. The number of nitrogens with one attached hydrogen (secondary N) is 2. The smallest absolute Gasteiger partial charge is 0.279 e. The maximum atomic E-state index is 12.7. The van der Waals surface area contributed by atoms with Crippen molar-refractivity contribution in [3.05, 3.63) is 111 Å². The molecule has 0 saturated heterocycles. The van der Waals surface area contributed by atoms with Gasteiger partial charge in [0.15, 0.2) is 0 Å². The van der Waals surface area contributed by atoms with Crippen molar-refractivity contribution in [1.82, 2.24) is 0 Å². The van der Waals surface area contributed by atoms with Crippen LogP contribution in [0.2, 0.25) is 0 Å². The number of nitro benzene ring substituents is 4. The fourth-order valence-corrected chi connectivity index (χ4v) is 3.46. The minimum Gasteiger partial charge on any atom is -0.322 e. The molecule has 0 spiro atoms. The summed E-state index contributed by atoms with van der Waals surface area (Å²) in [5, 5.41) is 49.6. The van der Waals surface area contributed by atoms with Crippen molar-refractivity contribution < 1.29 is 29.3 Å². The predicted octanol–water partition coefficient (Wildman–Crippen LogP) is 4.44. The van der Waals surface area contributed by atoms with E-state index in [0.717, 1.165) is 24.3 Å². The van der Waals surface area contributed by atoms with E-state index < -0.39 is 54.3 Å². The van der Waals surface area contributed by atoms with E-state index in [1.165, 1.54) is 38.1 Å². The maximum absolute atomic E-state index is 12.7. The largest absolute Gasteiger partial charge is 0.322 e. The topological polar surface area (TPSA) is 231 Å². The lowest BCUT2D eigenvalue weighted by molar-refractivity contribution is -0.394.